The minimum atomic E-state index is -0.958. The van der Waals surface area contributed by atoms with E-state index in [1.54, 1.807) is 32.2 Å². The van der Waals surface area contributed by atoms with Crippen molar-refractivity contribution in [3.8, 4) is 11.3 Å². The lowest BCUT2D eigenvalue weighted by Crippen LogP contribution is -2.32. The molecule has 2 aromatic heterocycles. The average Bonchev–Trinajstić information content (AvgIpc) is 3.04. The third kappa shape index (κ3) is 4.17. The first-order valence-electron chi connectivity index (χ1n) is 9.41. The Morgan fingerprint density at radius 3 is 2.59 bits per heavy atom. The third-order valence-corrected chi connectivity index (χ3v) is 4.53. The van der Waals surface area contributed by atoms with Gasteiger partial charge in [0.1, 0.15) is 0 Å². The summed E-state index contributed by atoms with van der Waals surface area (Å²) in [5, 5.41) is 10.3. The van der Waals surface area contributed by atoms with Gasteiger partial charge in [0.05, 0.1) is 28.9 Å². The Morgan fingerprint density at radius 1 is 1.10 bits per heavy atom. The Morgan fingerprint density at radius 2 is 1.83 bits per heavy atom. The quantitative estimate of drug-likeness (QED) is 0.563. The summed E-state index contributed by atoms with van der Waals surface area (Å²) in [6.07, 6.45) is 1.61. The van der Waals surface area contributed by atoms with Crippen molar-refractivity contribution in [2.75, 3.05) is 0 Å². The maximum absolute atomic E-state index is 12.9. The summed E-state index contributed by atoms with van der Waals surface area (Å²) in [7, 11) is 0. The molecule has 2 N–H and O–H groups in total. The van der Waals surface area contributed by atoms with Gasteiger partial charge in [0.15, 0.2) is 0 Å². The van der Waals surface area contributed by atoms with Crippen LogP contribution in [-0.2, 0) is 6.54 Å². The molecule has 0 radical (unpaired) electrons. The molecule has 0 aliphatic rings. The summed E-state index contributed by atoms with van der Waals surface area (Å²) in [5.74, 6) is -0.374. The van der Waals surface area contributed by atoms with Gasteiger partial charge in [0, 0.05) is 17.3 Å². The molecular formula is C23H22N4O2. The summed E-state index contributed by atoms with van der Waals surface area (Å²) in [4.78, 5) is 24.8. The molecule has 4 aromatic rings. The van der Waals surface area contributed by atoms with E-state index in [9.17, 15) is 9.90 Å². The number of nitrogens with one attached hydrogen (secondary N) is 1. The van der Waals surface area contributed by atoms with Crippen molar-refractivity contribution in [1.29, 1.82) is 0 Å². The van der Waals surface area contributed by atoms with Crippen LogP contribution in [0.2, 0.25) is 0 Å². The smallest absolute Gasteiger partial charge is 0.280 e. The fourth-order valence-electron chi connectivity index (χ4n) is 3.24. The normalized spacial score (nSPS) is 12.4. The van der Waals surface area contributed by atoms with Gasteiger partial charge in [-0.1, -0.05) is 42.5 Å². The topological polar surface area (TPSA) is 83.3 Å². The number of hydrogen-bond acceptors (Lipinski definition) is 3. The molecule has 29 heavy (non-hydrogen) atoms. The number of nitrogens with zero attached hydrogens (tertiary/aromatic N) is 3. The second-order valence-corrected chi connectivity index (χ2v) is 7.58. The highest BCUT2D eigenvalue weighted by molar-refractivity contribution is 5.95. The van der Waals surface area contributed by atoms with E-state index in [-0.39, 0.29) is 5.91 Å². The summed E-state index contributed by atoms with van der Waals surface area (Å²) in [6, 6.07) is 20.8. The molecule has 0 aliphatic carbocycles. The molecule has 0 atom stereocenters. The van der Waals surface area contributed by atoms with E-state index in [0.717, 1.165) is 16.6 Å². The molecule has 4 rings (SSSR count). The van der Waals surface area contributed by atoms with E-state index in [2.05, 4.69) is 15.0 Å². The average molecular weight is 386 g/mol. The van der Waals surface area contributed by atoms with Crippen molar-refractivity contribution in [2.24, 2.45) is 4.99 Å². The molecule has 6 heteroatoms. The summed E-state index contributed by atoms with van der Waals surface area (Å²) < 4.78 is 1.83. The number of carbonyl (C=O) groups excluding carboxylic acids is 1. The first kappa shape index (κ1) is 18.8. The Bertz CT molecular complexity index is 1230. The van der Waals surface area contributed by atoms with Crippen LogP contribution in [-0.4, -0.2) is 31.1 Å². The van der Waals surface area contributed by atoms with Gasteiger partial charge in [0.2, 0.25) is 5.62 Å². The molecule has 0 saturated carbocycles. The number of H-pyrrole nitrogens is 1. The number of imidazole rings is 1. The second kappa shape index (κ2) is 7.48. The first-order chi connectivity index (χ1) is 13.9. The molecule has 0 bridgehead atoms. The molecule has 2 heterocycles. The van der Waals surface area contributed by atoms with E-state index in [1.807, 2.05) is 59.2 Å². The number of para-hydroxylation sites is 2. The molecule has 0 aliphatic heterocycles. The summed E-state index contributed by atoms with van der Waals surface area (Å²) >= 11 is 0. The number of aliphatic hydroxyl groups is 1. The van der Waals surface area contributed by atoms with Gasteiger partial charge < -0.3 is 14.7 Å². The monoisotopic (exact) mass is 386 g/mol. The zero-order chi connectivity index (χ0) is 20.4. The van der Waals surface area contributed by atoms with Gasteiger partial charge in [-0.15, -0.1) is 0 Å². The van der Waals surface area contributed by atoms with Crippen LogP contribution in [0.5, 0.6) is 0 Å². The van der Waals surface area contributed by atoms with Crippen molar-refractivity contribution in [3.05, 3.63) is 84.1 Å². The number of benzene rings is 2. The number of rotatable bonds is 4. The number of amides is 1. The van der Waals surface area contributed by atoms with Gasteiger partial charge in [-0.25, -0.2) is 0 Å². The van der Waals surface area contributed by atoms with Crippen molar-refractivity contribution in [2.45, 2.75) is 26.0 Å². The number of hydrogen-bond donors (Lipinski definition) is 2. The van der Waals surface area contributed by atoms with E-state index in [0.29, 0.717) is 23.4 Å². The molecule has 1 amide bonds. The molecule has 6 nitrogen and oxygen atoms in total. The number of aromatic nitrogens is 3. The van der Waals surface area contributed by atoms with E-state index in [1.165, 1.54) is 0 Å². The number of pyridine rings is 1. The van der Waals surface area contributed by atoms with E-state index >= 15 is 0 Å². The predicted molar refractivity (Wildman–Crippen MR) is 112 cm³/mol. The van der Waals surface area contributed by atoms with Crippen LogP contribution in [0.3, 0.4) is 0 Å². The number of fused-ring (bicyclic) bond motifs is 1. The van der Waals surface area contributed by atoms with Crippen molar-refractivity contribution >= 4 is 16.9 Å². The first-order valence-corrected chi connectivity index (χ1v) is 9.41. The van der Waals surface area contributed by atoms with Gasteiger partial charge in [-0.3, -0.25) is 9.78 Å². The van der Waals surface area contributed by atoms with Crippen molar-refractivity contribution in [3.63, 3.8) is 0 Å². The van der Waals surface area contributed by atoms with Gasteiger partial charge in [-0.2, -0.15) is 4.99 Å². The molecule has 0 unspecified atom stereocenters. The molecule has 2 aromatic carbocycles. The third-order valence-electron chi connectivity index (χ3n) is 4.53. The SMILES string of the molecule is CC(C)(O)Cn1/c(=N/C(=O)c2ccnc(-c3ccccc3)c2)[nH]c2ccccc21. The maximum atomic E-state index is 12.9. The van der Waals surface area contributed by atoms with Crippen LogP contribution in [0, 0.1) is 0 Å². The van der Waals surface area contributed by atoms with Crippen molar-refractivity contribution < 1.29 is 9.90 Å². The number of aromatic amines is 1. The molecule has 0 spiro atoms. The Hall–Kier alpha value is -3.51. The van der Waals surface area contributed by atoms with E-state index < -0.39 is 5.60 Å². The van der Waals surface area contributed by atoms with Crippen LogP contribution >= 0.6 is 0 Å². The second-order valence-electron chi connectivity index (χ2n) is 7.58. The lowest BCUT2D eigenvalue weighted by molar-refractivity contribution is 0.0612. The van der Waals surface area contributed by atoms with E-state index in [4.69, 9.17) is 0 Å². The number of carbonyl (C=O) groups is 1. The van der Waals surface area contributed by atoms with Crippen LogP contribution in [0.25, 0.3) is 22.3 Å². The van der Waals surface area contributed by atoms with Crippen LogP contribution < -0.4 is 5.62 Å². The lowest BCUT2D eigenvalue weighted by Gasteiger charge is -2.18. The van der Waals surface area contributed by atoms with Crippen molar-refractivity contribution in [1.82, 2.24) is 14.5 Å². The fraction of sp³-hybridized carbons (Fsp3) is 0.174. The molecule has 146 valence electrons. The highest BCUT2D eigenvalue weighted by atomic mass is 16.3. The summed E-state index contributed by atoms with van der Waals surface area (Å²) in [6.45, 7) is 3.75. The van der Waals surface area contributed by atoms with Crippen LogP contribution in [0.1, 0.15) is 24.2 Å². The maximum Gasteiger partial charge on any atom is 0.280 e. The zero-order valence-electron chi connectivity index (χ0n) is 16.3. The highest BCUT2D eigenvalue weighted by Gasteiger charge is 2.17. The van der Waals surface area contributed by atoms with Gasteiger partial charge >= 0.3 is 0 Å². The van der Waals surface area contributed by atoms with Crippen LogP contribution in [0.15, 0.2) is 77.9 Å². The Kier molecular flexibility index (Phi) is 4.86. The summed E-state index contributed by atoms with van der Waals surface area (Å²) in [5.41, 5.74) is 3.27. The van der Waals surface area contributed by atoms with Gasteiger partial charge in [0.25, 0.3) is 5.91 Å². The van der Waals surface area contributed by atoms with Gasteiger partial charge in [-0.05, 0) is 38.1 Å². The molecule has 0 fully saturated rings. The minimum Gasteiger partial charge on any atom is -0.389 e. The standard InChI is InChI=1S/C23H22N4O2/c1-23(2,29)15-27-20-11-7-6-10-18(20)25-22(27)26-21(28)17-12-13-24-19(14-17)16-8-4-3-5-9-16/h3-14,29H,15H2,1-2H3,(H,25,26,28). The predicted octanol–water partition coefficient (Wildman–Crippen LogP) is 3.54. The zero-order valence-corrected chi connectivity index (χ0v) is 16.3. The Labute approximate surface area is 168 Å². The molecule has 0 saturated heterocycles. The largest absolute Gasteiger partial charge is 0.389 e. The lowest BCUT2D eigenvalue weighted by atomic mass is 10.1. The minimum absolute atomic E-state index is 0.300. The Balaban J connectivity index is 1.78. The highest BCUT2D eigenvalue weighted by Crippen LogP contribution is 2.18. The van der Waals surface area contributed by atoms with Crippen LogP contribution in [0.4, 0.5) is 0 Å². The molecular weight excluding hydrogens is 364 g/mol. The fourth-order valence-corrected chi connectivity index (χ4v) is 3.24.